The molecule has 3 heteroatoms. The molecular formula is C13H25NO2. The van der Waals surface area contributed by atoms with Crippen LogP contribution in [0.25, 0.3) is 0 Å². The first-order valence-electron chi connectivity index (χ1n) is 6.49. The molecule has 94 valence electrons. The number of ether oxygens (including phenoxy) is 1. The molecule has 0 radical (unpaired) electrons. The average Bonchev–Trinajstić information content (AvgIpc) is 3.04. The van der Waals surface area contributed by atoms with E-state index in [9.17, 15) is 4.79 Å². The molecule has 0 saturated heterocycles. The standard InChI is InChI=1S/C13H25NO2/c1-5-13(11-7-8-11,12(15)16-6-2)14-9-10(3)4/h10-11,14H,5-9H2,1-4H3. The highest BCUT2D eigenvalue weighted by molar-refractivity contribution is 5.81. The Labute approximate surface area is 98.9 Å². The minimum Gasteiger partial charge on any atom is -0.465 e. The molecule has 0 aromatic carbocycles. The molecule has 0 aliphatic heterocycles. The summed E-state index contributed by atoms with van der Waals surface area (Å²) in [6, 6.07) is 0. The molecule has 0 aromatic rings. The maximum atomic E-state index is 12.1. The third-order valence-corrected chi connectivity index (χ3v) is 3.30. The first-order chi connectivity index (χ1) is 7.56. The van der Waals surface area contributed by atoms with Crippen molar-refractivity contribution in [3.8, 4) is 0 Å². The van der Waals surface area contributed by atoms with Gasteiger partial charge in [-0.15, -0.1) is 0 Å². The van der Waals surface area contributed by atoms with Gasteiger partial charge in [0.1, 0.15) is 5.54 Å². The summed E-state index contributed by atoms with van der Waals surface area (Å²) in [4.78, 5) is 12.1. The first kappa shape index (κ1) is 13.5. The molecule has 1 rings (SSSR count). The molecule has 1 saturated carbocycles. The van der Waals surface area contributed by atoms with Crippen LogP contribution in [-0.2, 0) is 9.53 Å². The van der Waals surface area contributed by atoms with E-state index >= 15 is 0 Å². The lowest BCUT2D eigenvalue weighted by Gasteiger charge is -2.32. The van der Waals surface area contributed by atoms with Crippen molar-refractivity contribution in [3.63, 3.8) is 0 Å². The van der Waals surface area contributed by atoms with Crippen LogP contribution in [0.15, 0.2) is 0 Å². The van der Waals surface area contributed by atoms with Gasteiger partial charge in [0, 0.05) is 0 Å². The van der Waals surface area contributed by atoms with Gasteiger partial charge in [0.25, 0.3) is 0 Å². The number of carbonyl (C=O) groups excluding carboxylic acids is 1. The topological polar surface area (TPSA) is 38.3 Å². The van der Waals surface area contributed by atoms with Crippen molar-refractivity contribution in [2.75, 3.05) is 13.2 Å². The van der Waals surface area contributed by atoms with Gasteiger partial charge >= 0.3 is 5.97 Å². The summed E-state index contributed by atoms with van der Waals surface area (Å²) in [5.41, 5.74) is -0.416. The fraction of sp³-hybridized carbons (Fsp3) is 0.923. The second-order valence-electron chi connectivity index (χ2n) is 5.09. The van der Waals surface area contributed by atoms with Crippen molar-refractivity contribution in [2.45, 2.75) is 52.5 Å². The summed E-state index contributed by atoms with van der Waals surface area (Å²) >= 11 is 0. The highest BCUT2D eigenvalue weighted by atomic mass is 16.5. The Kier molecular flexibility index (Phi) is 4.78. The number of nitrogens with one attached hydrogen (secondary N) is 1. The Bertz CT molecular complexity index is 236. The van der Waals surface area contributed by atoms with Gasteiger partial charge in [-0.3, -0.25) is 4.79 Å². The Morgan fingerprint density at radius 3 is 2.44 bits per heavy atom. The third-order valence-electron chi connectivity index (χ3n) is 3.30. The fourth-order valence-electron chi connectivity index (χ4n) is 2.16. The van der Waals surface area contributed by atoms with E-state index in [1.54, 1.807) is 0 Å². The van der Waals surface area contributed by atoms with Crippen molar-refractivity contribution >= 4 is 5.97 Å². The van der Waals surface area contributed by atoms with E-state index in [2.05, 4.69) is 26.1 Å². The molecular weight excluding hydrogens is 202 g/mol. The first-order valence-corrected chi connectivity index (χ1v) is 6.49. The van der Waals surface area contributed by atoms with Crippen LogP contribution in [0, 0.1) is 11.8 Å². The van der Waals surface area contributed by atoms with Gasteiger partial charge in [0.2, 0.25) is 0 Å². The molecule has 0 amide bonds. The minimum atomic E-state index is -0.416. The second-order valence-corrected chi connectivity index (χ2v) is 5.09. The average molecular weight is 227 g/mol. The van der Waals surface area contributed by atoms with Gasteiger partial charge < -0.3 is 10.1 Å². The second kappa shape index (κ2) is 5.67. The fourth-order valence-corrected chi connectivity index (χ4v) is 2.16. The minimum absolute atomic E-state index is 0.0550. The van der Waals surface area contributed by atoms with E-state index < -0.39 is 5.54 Å². The molecule has 0 bridgehead atoms. The normalized spacial score (nSPS) is 19.6. The quantitative estimate of drug-likeness (QED) is 0.678. The molecule has 1 aliphatic rings. The summed E-state index contributed by atoms with van der Waals surface area (Å²) in [5.74, 6) is 0.982. The monoisotopic (exact) mass is 227 g/mol. The van der Waals surface area contributed by atoms with E-state index in [1.165, 1.54) is 0 Å². The molecule has 1 N–H and O–H groups in total. The van der Waals surface area contributed by atoms with Crippen molar-refractivity contribution in [1.29, 1.82) is 0 Å². The van der Waals surface area contributed by atoms with E-state index in [1.807, 2.05) is 6.92 Å². The van der Waals surface area contributed by atoms with Gasteiger partial charge in [0.05, 0.1) is 6.61 Å². The highest BCUT2D eigenvalue weighted by Gasteiger charge is 2.50. The number of hydrogen-bond acceptors (Lipinski definition) is 3. The summed E-state index contributed by atoms with van der Waals surface area (Å²) in [6.07, 6.45) is 3.12. The number of rotatable bonds is 7. The lowest BCUT2D eigenvalue weighted by atomic mass is 9.89. The van der Waals surface area contributed by atoms with E-state index in [0.717, 1.165) is 25.8 Å². The van der Waals surface area contributed by atoms with Crippen LogP contribution in [0.4, 0.5) is 0 Å². The summed E-state index contributed by atoms with van der Waals surface area (Å²) < 4.78 is 5.23. The molecule has 3 nitrogen and oxygen atoms in total. The maximum Gasteiger partial charge on any atom is 0.326 e. The molecule has 16 heavy (non-hydrogen) atoms. The number of hydrogen-bond donors (Lipinski definition) is 1. The van der Waals surface area contributed by atoms with Crippen molar-refractivity contribution in [3.05, 3.63) is 0 Å². The Hall–Kier alpha value is -0.570. The predicted molar refractivity (Wildman–Crippen MR) is 65.2 cm³/mol. The summed E-state index contributed by atoms with van der Waals surface area (Å²) in [7, 11) is 0. The summed E-state index contributed by atoms with van der Waals surface area (Å²) in [5, 5.41) is 3.45. The molecule has 0 heterocycles. The smallest absolute Gasteiger partial charge is 0.326 e. The zero-order valence-electron chi connectivity index (χ0n) is 11.0. The third kappa shape index (κ3) is 2.97. The van der Waals surface area contributed by atoms with Gasteiger partial charge in [-0.1, -0.05) is 20.8 Å². The van der Waals surface area contributed by atoms with Crippen LogP contribution < -0.4 is 5.32 Å². The number of esters is 1. The molecule has 0 spiro atoms. The van der Waals surface area contributed by atoms with Crippen molar-refractivity contribution < 1.29 is 9.53 Å². The Morgan fingerprint density at radius 1 is 1.44 bits per heavy atom. The van der Waals surface area contributed by atoms with Crippen LogP contribution in [-0.4, -0.2) is 24.7 Å². The van der Waals surface area contributed by atoms with Crippen LogP contribution in [0.3, 0.4) is 0 Å². The van der Waals surface area contributed by atoms with Gasteiger partial charge in [-0.05, 0) is 44.6 Å². The zero-order valence-corrected chi connectivity index (χ0v) is 11.0. The zero-order chi connectivity index (χ0) is 12.2. The van der Waals surface area contributed by atoms with Crippen LogP contribution in [0.2, 0.25) is 0 Å². The van der Waals surface area contributed by atoms with Crippen molar-refractivity contribution in [1.82, 2.24) is 5.32 Å². The molecule has 1 unspecified atom stereocenters. The Balaban J connectivity index is 2.69. The van der Waals surface area contributed by atoms with Crippen LogP contribution in [0.5, 0.6) is 0 Å². The number of carbonyl (C=O) groups is 1. The maximum absolute atomic E-state index is 12.1. The van der Waals surface area contributed by atoms with Crippen LogP contribution >= 0.6 is 0 Å². The van der Waals surface area contributed by atoms with Gasteiger partial charge in [-0.2, -0.15) is 0 Å². The molecule has 1 aliphatic carbocycles. The van der Waals surface area contributed by atoms with Crippen LogP contribution in [0.1, 0.15) is 47.0 Å². The van der Waals surface area contributed by atoms with Gasteiger partial charge in [0.15, 0.2) is 0 Å². The largest absolute Gasteiger partial charge is 0.465 e. The molecule has 0 aromatic heterocycles. The lowest BCUT2D eigenvalue weighted by Crippen LogP contribution is -2.55. The van der Waals surface area contributed by atoms with E-state index in [0.29, 0.717) is 18.4 Å². The lowest BCUT2D eigenvalue weighted by molar-refractivity contribution is -0.152. The molecule has 1 fully saturated rings. The SMILES string of the molecule is CCOC(=O)C(CC)(NCC(C)C)C1CC1. The molecule has 1 atom stereocenters. The highest BCUT2D eigenvalue weighted by Crippen LogP contribution is 2.42. The van der Waals surface area contributed by atoms with Crippen molar-refractivity contribution in [2.24, 2.45) is 11.8 Å². The van der Waals surface area contributed by atoms with Gasteiger partial charge in [-0.25, -0.2) is 0 Å². The van der Waals surface area contributed by atoms with E-state index in [4.69, 9.17) is 4.74 Å². The predicted octanol–water partition coefficient (Wildman–Crippen LogP) is 2.35. The Morgan fingerprint density at radius 2 is 2.06 bits per heavy atom. The summed E-state index contributed by atoms with van der Waals surface area (Å²) in [6.45, 7) is 9.60. The van der Waals surface area contributed by atoms with E-state index in [-0.39, 0.29) is 5.97 Å².